The van der Waals surface area contributed by atoms with Crippen LogP contribution >= 0.6 is 11.6 Å². The minimum Gasteiger partial charge on any atom is -0.326 e. The molecule has 0 aromatic heterocycles. The maximum atomic E-state index is 12.4. The third-order valence-electron chi connectivity index (χ3n) is 2.95. The molecule has 0 aliphatic heterocycles. The molecule has 0 aliphatic carbocycles. The summed E-state index contributed by atoms with van der Waals surface area (Å²) in [5, 5.41) is 3.20. The summed E-state index contributed by atoms with van der Waals surface area (Å²) in [7, 11) is 1.69. The summed E-state index contributed by atoms with van der Waals surface area (Å²) >= 11 is 5.90. The van der Waals surface area contributed by atoms with Crippen molar-refractivity contribution in [3.8, 4) is 0 Å². The zero-order valence-corrected chi connectivity index (χ0v) is 12.5. The van der Waals surface area contributed by atoms with Crippen molar-refractivity contribution < 1.29 is 9.59 Å². The first-order chi connectivity index (χ1) is 9.97. The van der Waals surface area contributed by atoms with Gasteiger partial charge < -0.3 is 10.2 Å². The Hall–Kier alpha value is -2.33. The maximum absolute atomic E-state index is 12.4. The van der Waals surface area contributed by atoms with Gasteiger partial charge in [-0.3, -0.25) is 9.59 Å². The molecule has 0 saturated carbocycles. The van der Waals surface area contributed by atoms with Crippen LogP contribution < -0.4 is 10.2 Å². The number of hydrogen-bond donors (Lipinski definition) is 1. The SMILES string of the molecule is CC(=O)Nc1ccc(N(C)C(=O)c2cccc(Cl)c2)cc1. The van der Waals surface area contributed by atoms with Crippen LogP contribution in [0.5, 0.6) is 0 Å². The van der Waals surface area contributed by atoms with Crippen molar-refractivity contribution in [1.82, 2.24) is 0 Å². The zero-order valence-electron chi connectivity index (χ0n) is 11.8. The average Bonchev–Trinajstić information content (AvgIpc) is 2.46. The Morgan fingerprint density at radius 2 is 1.76 bits per heavy atom. The third-order valence-corrected chi connectivity index (χ3v) is 3.19. The summed E-state index contributed by atoms with van der Waals surface area (Å²) in [5.41, 5.74) is 1.94. The monoisotopic (exact) mass is 302 g/mol. The van der Waals surface area contributed by atoms with Gasteiger partial charge in [0.05, 0.1) is 0 Å². The Kier molecular flexibility index (Phi) is 4.60. The molecule has 2 rings (SSSR count). The number of anilines is 2. The largest absolute Gasteiger partial charge is 0.326 e. The average molecular weight is 303 g/mol. The second-order valence-corrected chi connectivity index (χ2v) is 5.04. The van der Waals surface area contributed by atoms with Crippen LogP contribution in [0.25, 0.3) is 0 Å². The van der Waals surface area contributed by atoms with Gasteiger partial charge in [-0.15, -0.1) is 0 Å². The molecule has 5 heteroatoms. The first kappa shape index (κ1) is 15.1. The van der Waals surface area contributed by atoms with Gasteiger partial charge in [-0.1, -0.05) is 17.7 Å². The molecular weight excluding hydrogens is 288 g/mol. The molecule has 0 saturated heterocycles. The van der Waals surface area contributed by atoms with Gasteiger partial charge in [0.15, 0.2) is 0 Å². The number of halogens is 1. The number of nitrogens with zero attached hydrogens (tertiary/aromatic N) is 1. The molecule has 0 aliphatic rings. The predicted octanol–water partition coefficient (Wildman–Crippen LogP) is 3.58. The smallest absolute Gasteiger partial charge is 0.258 e. The molecular formula is C16H15ClN2O2. The highest BCUT2D eigenvalue weighted by molar-refractivity contribution is 6.31. The van der Waals surface area contributed by atoms with Crippen molar-refractivity contribution in [2.75, 3.05) is 17.3 Å². The second kappa shape index (κ2) is 6.41. The van der Waals surface area contributed by atoms with E-state index in [1.807, 2.05) is 0 Å². The minimum atomic E-state index is -0.148. The van der Waals surface area contributed by atoms with Crippen LogP contribution in [0.15, 0.2) is 48.5 Å². The van der Waals surface area contributed by atoms with E-state index in [0.717, 1.165) is 5.69 Å². The van der Waals surface area contributed by atoms with Crippen LogP contribution in [0.3, 0.4) is 0 Å². The molecule has 0 spiro atoms. The van der Waals surface area contributed by atoms with E-state index in [1.165, 1.54) is 11.8 Å². The van der Waals surface area contributed by atoms with E-state index < -0.39 is 0 Å². The Labute approximate surface area is 128 Å². The third kappa shape index (κ3) is 3.83. The number of rotatable bonds is 3. The van der Waals surface area contributed by atoms with E-state index in [4.69, 9.17) is 11.6 Å². The van der Waals surface area contributed by atoms with Crippen molar-refractivity contribution in [3.05, 3.63) is 59.1 Å². The highest BCUT2D eigenvalue weighted by atomic mass is 35.5. The number of benzene rings is 2. The lowest BCUT2D eigenvalue weighted by Crippen LogP contribution is -2.26. The molecule has 4 nitrogen and oxygen atoms in total. The molecule has 1 N–H and O–H groups in total. The zero-order chi connectivity index (χ0) is 15.4. The van der Waals surface area contributed by atoms with Gasteiger partial charge in [-0.25, -0.2) is 0 Å². The predicted molar refractivity (Wildman–Crippen MR) is 84.9 cm³/mol. The van der Waals surface area contributed by atoms with E-state index in [2.05, 4.69) is 5.32 Å². The normalized spacial score (nSPS) is 10.0. The van der Waals surface area contributed by atoms with Crippen LogP contribution in [-0.2, 0) is 4.79 Å². The summed E-state index contributed by atoms with van der Waals surface area (Å²) in [6.07, 6.45) is 0. The summed E-state index contributed by atoms with van der Waals surface area (Å²) < 4.78 is 0. The van der Waals surface area contributed by atoms with E-state index >= 15 is 0 Å². The number of hydrogen-bond acceptors (Lipinski definition) is 2. The highest BCUT2D eigenvalue weighted by Crippen LogP contribution is 2.20. The van der Waals surface area contributed by atoms with Gasteiger partial charge in [-0.2, -0.15) is 0 Å². The quantitative estimate of drug-likeness (QED) is 0.942. The summed E-state index contributed by atoms with van der Waals surface area (Å²) in [6, 6.07) is 13.9. The van der Waals surface area contributed by atoms with Crippen LogP contribution in [-0.4, -0.2) is 18.9 Å². The Balaban J connectivity index is 2.17. The molecule has 2 aromatic carbocycles. The van der Waals surface area contributed by atoms with Crippen molar-refractivity contribution in [3.63, 3.8) is 0 Å². The topological polar surface area (TPSA) is 49.4 Å². The van der Waals surface area contributed by atoms with Gasteiger partial charge >= 0.3 is 0 Å². The molecule has 108 valence electrons. The molecule has 21 heavy (non-hydrogen) atoms. The molecule has 0 atom stereocenters. The van der Waals surface area contributed by atoms with Crippen molar-refractivity contribution >= 4 is 34.8 Å². The number of amides is 2. The number of nitrogens with one attached hydrogen (secondary N) is 1. The van der Waals surface area contributed by atoms with Gasteiger partial charge in [0.25, 0.3) is 5.91 Å². The standard InChI is InChI=1S/C16H15ClN2O2/c1-11(20)18-14-6-8-15(9-7-14)19(2)16(21)12-4-3-5-13(17)10-12/h3-10H,1-2H3,(H,18,20). The summed E-state index contributed by atoms with van der Waals surface area (Å²) in [5.74, 6) is -0.282. The van der Waals surface area contributed by atoms with Gasteiger partial charge in [0.1, 0.15) is 0 Å². The lowest BCUT2D eigenvalue weighted by molar-refractivity contribution is -0.114. The molecule has 0 heterocycles. The molecule has 2 aromatic rings. The Morgan fingerprint density at radius 1 is 1.10 bits per heavy atom. The fourth-order valence-corrected chi connectivity index (χ4v) is 2.09. The van der Waals surface area contributed by atoms with Crippen LogP contribution in [0.1, 0.15) is 17.3 Å². The van der Waals surface area contributed by atoms with Crippen LogP contribution in [0.2, 0.25) is 5.02 Å². The van der Waals surface area contributed by atoms with Crippen molar-refractivity contribution in [2.45, 2.75) is 6.92 Å². The molecule has 0 bridgehead atoms. The van der Waals surface area contributed by atoms with Gasteiger partial charge in [0, 0.05) is 35.9 Å². The first-order valence-corrected chi connectivity index (χ1v) is 6.76. The van der Waals surface area contributed by atoms with E-state index in [0.29, 0.717) is 16.3 Å². The van der Waals surface area contributed by atoms with E-state index in [1.54, 1.807) is 55.6 Å². The maximum Gasteiger partial charge on any atom is 0.258 e. The van der Waals surface area contributed by atoms with E-state index in [9.17, 15) is 9.59 Å². The van der Waals surface area contributed by atoms with E-state index in [-0.39, 0.29) is 11.8 Å². The molecule has 2 amide bonds. The summed E-state index contributed by atoms with van der Waals surface area (Å²) in [6.45, 7) is 1.45. The van der Waals surface area contributed by atoms with Gasteiger partial charge in [0.2, 0.25) is 5.91 Å². The Bertz CT molecular complexity index is 668. The lowest BCUT2D eigenvalue weighted by atomic mass is 10.2. The second-order valence-electron chi connectivity index (χ2n) is 4.60. The summed E-state index contributed by atoms with van der Waals surface area (Å²) in [4.78, 5) is 24.9. The van der Waals surface area contributed by atoms with Crippen molar-refractivity contribution in [1.29, 1.82) is 0 Å². The fourth-order valence-electron chi connectivity index (χ4n) is 1.90. The van der Waals surface area contributed by atoms with Crippen molar-refractivity contribution in [2.24, 2.45) is 0 Å². The Morgan fingerprint density at radius 3 is 2.33 bits per heavy atom. The lowest BCUT2D eigenvalue weighted by Gasteiger charge is -2.18. The number of carbonyl (C=O) groups is 2. The molecule has 0 radical (unpaired) electrons. The highest BCUT2D eigenvalue weighted by Gasteiger charge is 2.13. The first-order valence-electron chi connectivity index (χ1n) is 6.38. The number of carbonyl (C=O) groups excluding carboxylic acids is 2. The molecule has 0 fully saturated rings. The minimum absolute atomic E-state index is 0.133. The van der Waals surface area contributed by atoms with Crippen LogP contribution in [0, 0.1) is 0 Å². The van der Waals surface area contributed by atoms with Crippen LogP contribution in [0.4, 0.5) is 11.4 Å². The fraction of sp³-hybridized carbons (Fsp3) is 0.125. The molecule has 0 unspecified atom stereocenters. The van der Waals surface area contributed by atoms with Gasteiger partial charge in [-0.05, 0) is 42.5 Å².